The minimum Gasteiger partial charge on any atom is -0.477 e. The number of fused-ring (bicyclic) bond motifs is 1. The van der Waals surface area contributed by atoms with Crippen LogP contribution in [0.2, 0.25) is 0 Å². The van der Waals surface area contributed by atoms with Gasteiger partial charge in [-0.2, -0.15) is 0 Å². The molecular formula is C22H32N2O3. The summed E-state index contributed by atoms with van der Waals surface area (Å²) in [4.78, 5) is 17.3. The van der Waals surface area contributed by atoms with Gasteiger partial charge in [0.15, 0.2) is 0 Å². The van der Waals surface area contributed by atoms with E-state index in [4.69, 9.17) is 14.5 Å². The van der Waals surface area contributed by atoms with Gasteiger partial charge in [-0.25, -0.2) is 9.78 Å². The smallest absolute Gasteiger partial charge is 0.419 e. The molecule has 0 spiro atoms. The van der Waals surface area contributed by atoms with Crippen LogP contribution in [0, 0.1) is 5.92 Å². The van der Waals surface area contributed by atoms with Gasteiger partial charge in [0.1, 0.15) is 5.60 Å². The Morgan fingerprint density at radius 2 is 1.93 bits per heavy atom. The molecule has 0 unspecified atom stereocenters. The third-order valence-electron chi connectivity index (χ3n) is 5.05. The highest BCUT2D eigenvalue weighted by molar-refractivity contribution is 5.90. The van der Waals surface area contributed by atoms with Crippen LogP contribution in [0.5, 0.6) is 5.88 Å². The van der Waals surface area contributed by atoms with E-state index in [1.54, 1.807) is 4.57 Å². The molecule has 2 heterocycles. The number of carbonyl (C=O) groups is 1. The lowest BCUT2D eigenvalue weighted by molar-refractivity contribution is 0.0544. The molecule has 2 aromatic heterocycles. The molecule has 0 aliphatic heterocycles. The Morgan fingerprint density at radius 3 is 2.56 bits per heavy atom. The highest BCUT2D eigenvalue weighted by Crippen LogP contribution is 2.30. The van der Waals surface area contributed by atoms with Crippen LogP contribution in [0.1, 0.15) is 78.2 Å². The molecule has 0 aromatic carbocycles. The second-order valence-electron chi connectivity index (χ2n) is 8.92. The maximum absolute atomic E-state index is 12.6. The lowest BCUT2D eigenvalue weighted by atomic mass is 9.90. The van der Waals surface area contributed by atoms with Crippen LogP contribution in [-0.2, 0) is 4.74 Å². The maximum atomic E-state index is 12.6. The van der Waals surface area contributed by atoms with Crippen LogP contribution in [0.3, 0.4) is 0 Å². The van der Waals surface area contributed by atoms with E-state index in [2.05, 4.69) is 13.8 Å². The second-order valence-corrected chi connectivity index (χ2v) is 8.92. The van der Waals surface area contributed by atoms with Crippen molar-refractivity contribution >= 4 is 17.1 Å². The summed E-state index contributed by atoms with van der Waals surface area (Å²) in [6.45, 7) is 10.5. The number of hydrogen-bond acceptors (Lipinski definition) is 4. The van der Waals surface area contributed by atoms with Crippen molar-refractivity contribution in [2.24, 2.45) is 5.92 Å². The number of rotatable bonds is 4. The topological polar surface area (TPSA) is 53.4 Å². The van der Waals surface area contributed by atoms with Crippen LogP contribution in [0.25, 0.3) is 11.0 Å². The van der Waals surface area contributed by atoms with Crippen molar-refractivity contribution in [2.75, 3.05) is 6.61 Å². The molecule has 1 fully saturated rings. The van der Waals surface area contributed by atoms with E-state index in [1.165, 1.54) is 32.1 Å². The molecule has 0 atom stereocenters. The molecule has 2 aromatic rings. The van der Waals surface area contributed by atoms with Gasteiger partial charge in [0.2, 0.25) is 5.88 Å². The largest absolute Gasteiger partial charge is 0.477 e. The molecule has 5 heteroatoms. The van der Waals surface area contributed by atoms with Crippen molar-refractivity contribution < 1.29 is 14.3 Å². The van der Waals surface area contributed by atoms with Crippen molar-refractivity contribution in [1.29, 1.82) is 0 Å². The Hall–Kier alpha value is -2.04. The van der Waals surface area contributed by atoms with E-state index in [0.29, 0.717) is 11.8 Å². The number of carbonyl (C=O) groups excluding carboxylic acids is 1. The maximum Gasteiger partial charge on any atom is 0.419 e. The third-order valence-corrected chi connectivity index (χ3v) is 5.05. The lowest BCUT2D eigenvalue weighted by Gasteiger charge is -2.21. The van der Waals surface area contributed by atoms with Crippen LogP contribution >= 0.6 is 0 Å². The summed E-state index contributed by atoms with van der Waals surface area (Å²) in [5.41, 5.74) is 2.07. The summed E-state index contributed by atoms with van der Waals surface area (Å²) in [6, 6.07) is 3.77. The predicted octanol–water partition coefficient (Wildman–Crippen LogP) is 5.90. The van der Waals surface area contributed by atoms with Gasteiger partial charge >= 0.3 is 6.09 Å². The van der Waals surface area contributed by atoms with E-state index in [-0.39, 0.29) is 12.0 Å². The van der Waals surface area contributed by atoms with Crippen LogP contribution < -0.4 is 4.74 Å². The fourth-order valence-corrected chi connectivity index (χ4v) is 3.63. The highest BCUT2D eigenvalue weighted by Gasteiger charge is 2.23. The van der Waals surface area contributed by atoms with Crippen molar-refractivity contribution in [3.05, 3.63) is 23.9 Å². The number of ether oxygens (including phenoxy) is 2. The molecule has 0 amide bonds. The van der Waals surface area contributed by atoms with Crippen molar-refractivity contribution in [3.8, 4) is 5.88 Å². The Kier molecular flexibility index (Phi) is 5.78. The average Bonchev–Trinajstić information content (AvgIpc) is 2.98. The van der Waals surface area contributed by atoms with Gasteiger partial charge in [-0.05, 0) is 57.1 Å². The quantitative estimate of drug-likeness (QED) is 0.670. The zero-order valence-corrected chi connectivity index (χ0v) is 17.2. The van der Waals surface area contributed by atoms with E-state index < -0.39 is 5.60 Å². The van der Waals surface area contributed by atoms with E-state index in [0.717, 1.165) is 23.2 Å². The molecule has 0 bridgehead atoms. The minimum absolute atomic E-state index is 0.247. The van der Waals surface area contributed by atoms with Gasteiger partial charge in [0.05, 0.1) is 17.6 Å². The van der Waals surface area contributed by atoms with Crippen LogP contribution in [-0.4, -0.2) is 27.9 Å². The molecule has 0 N–H and O–H groups in total. The molecule has 3 rings (SSSR count). The second kappa shape index (κ2) is 7.91. The number of hydrogen-bond donors (Lipinski definition) is 0. The lowest BCUT2D eigenvalue weighted by Crippen LogP contribution is -2.26. The van der Waals surface area contributed by atoms with Gasteiger partial charge in [0, 0.05) is 12.3 Å². The molecule has 5 nitrogen and oxygen atoms in total. The highest BCUT2D eigenvalue weighted by atomic mass is 16.6. The number of nitrogens with zero attached hydrogens (tertiary/aromatic N) is 2. The van der Waals surface area contributed by atoms with Crippen LogP contribution in [0.15, 0.2) is 18.3 Å². The summed E-state index contributed by atoms with van der Waals surface area (Å²) >= 11 is 0. The minimum atomic E-state index is -0.540. The van der Waals surface area contributed by atoms with Gasteiger partial charge in [-0.3, -0.25) is 4.57 Å². The van der Waals surface area contributed by atoms with Crippen molar-refractivity contribution in [2.45, 2.75) is 78.2 Å². The van der Waals surface area contributed by atoms with Gasteiger partial charge in [0.25, 0.3) is 0 Å². The van der Waals surface area contributed by atoms with Crippen LogP contribution in [0.4, 0.5) is 4.79 Å². The van der Waals surface area contributed by atoms with E-state index in [1.807, 2.05) is 39.1 Å². The molecule has 1 aliphatic carbocycles. The summed E-state index contributed by atoms with van der Waals surface area (Å²) in [5, 5.41) is 0. The standard InChI is InChI=1S/C22H32N2O3/c1-15(2)17-13-24(21(25)27-22(3,4)5)18-11-12-19(23-20(17)18)26-14-16-9-7-6-8-10-16/h11-13,15-16H,6-10,14H2,1-5H3. The Labute approximate surface area is 162 Å². The Balaban J connectivity index is 1.86. The van der Waals surface area contributed by atoms with E-state index in [9.17, 15) is 4.79 Å². The first-order valence-corrected chi connectivity index (χ1v) is 10.1. The molecular weight excluding hydrogens is 340 g/mol. The summed E-state index contributed by atoms with van der Waals surface area (Å²) in [7, 11) is 0. The first kappa shape index (κ1) is 19.7. The first-order valence-electron chi connectivity index (χ1n) is 10.1. The zero-order valence-electron chi connectivity index (χ0n) is 17.2. The van der Waals surface area contributed by atoms with Gasteiger partial charge in [-0.15, -0.1) is 0 Å². The fourth-order valence-electron chi connectivity index (χ4n) is 3.63. The number of pyridine rings is 1. The normalized spacial score (nSPS) is 16.1. The predicted molar refractivity (Wildman–Crippen MR) is 108 cm³/mol. The monoisotopic (exact) mass is 372 g/mol. The molecule has 1 saturated carbocycles. The summed E-state index contributed by atoms with van der Waals surface area (Å²) in [5.74, 6) is 1.52. The summed E-state index contributed by atoms with van der Waals surface area (Å²) in [6.07, 6.45) is 7.91. The zero-order chi connectivity index (χ0) is 19.6. The average molecular weight is 373 g/mol. The van der Waals surface area contributed by atoms with Gasteiger partial charge < -0.3 is 9.47 Å². The number of aromatic nitrogens is 2. The molecule has 1 aliphatic rings. The SMILES string of the molecule is CC(C)c1cn(C(=O)OC(C)(C)C)c2ccc(OCC3CCCCC3)nc12. The first-order chi connectivity index (χ1) is 12.7. The van der Waals surface area contributed by atoms with Gasteiger partial charge in [-0.1, -0.05) is 33.1 Å². The molecule has 27 heavy (non-hydrogen) atoms. The molecule has 0 saturated heterocycles. The summed E-state index contributed by atoms with van der Waals surface area (Å²) < 4.78 is 13.1. The molecule has 0 radical (unpaired) electrons. The Morgan fingerprint density at radius 1 is 1.22 bits per heavy atom. The fraction of sp³-hybridized carbons (Fsp3) is 0.636. The van der Waals surface area contributed by atoms with E-state index >= 15 is 0 Å². The van der Waals surface area contributed by atoms with Crippen molar-refractivity contribution in [3.63, 3.8) is 0 Å². The Bertz CT molecular complexity index is 796. The third kappa shape index (κ3) is 4.82. The van der Waals surface area contributed by atoms with Crippen molar-refractivity contribution in [1.82, 2.24) is 9.55 Å². The molecule has 148 valence electrons.